The number of anilines is 3. The largest absolute Gasteiger partial charge is 0.416 e. The topological polar surface area (TPSA) is 74.2 Å². The minimum absolute atomic E-state index is 0.114. The van der Waals surface area contributed by atoms with Crippen molar-refractivity contribution in [2.45, 2.75) is 6.18 Å². The van der Waals surface area contributed by atoms with Crippen LogP contribution >= 0.6 is 0 Å². The summed E-state index contributed by atoms with van der Waals surface area (Å²) in [7, 11) is 0. The zero-order chi connectivity index (χ0) is 21.8. The van der Waals surface area contributed by atoms with Crippen molar-refractivity contribution in [1.29, 1.82) is 0 Å². The zero-order valence-electron chi connectivity index (χ0n) is 16.4. The Morgan fingerprint density at radius 1 is 0.871 bits per heavy atom. The molecule has 3 aromatic rings. The number of rotatable bonds is 4. The van der Waals surface area contributed by atoms with E-state index in [-0.39, 0.29) is 5.56 Å². The number of piperazine rings is 1. The van der Waals surface area contributed by atoms with Crippen LogP contribution in [0.1, 0.15) is 15.9 Å². The van der Waals surface area contributed by atoms with Crippen molar-refractivity contribution in [1.82, 2.24) is 15.0 Å². The molecule has 1 aliphatic rings. The smallest absolute Gasteiger partial charge is 0.353 e. The molecule has 31 heavy (non-hydrogen) atoms. The van der Waals surface area contributed by atoms with E-state index >= 15 is 0 Å². The Bertz CT molecular complexity index is 1020. The molecule has 0 aliphatic carbocycles. The van der Waals surface area contributed by atoms with Gasteiger partial charge in [-0.25, -0.2) is 15.0 Å². The standard InChI is InChI=1S/C21H19F3N6O/c22-21(23,24)16-6-4-15(5-7-16)19(31)28-17-13-26-20(27-14-17)30-11-9-29(10-12-30)18-3-1-2-8-25-18/h1-8,13-14H,9-12H2,(H,28,31). The molecule has 0 unspecified atom stereocenters. The number of alkyl halides is 3. The summed E-state index contributed by atoms with van der Waals surface area (Å²) in [5, 5.41) is 2.59. The number of nitrogens with one attached hydrogen (secondary N) is 1. The van der Waals surface area contributed by atoms with E-state index in [1.54, 1.807) is 6.20 Å². The van der Waals surface area contributed by atoms with E-state index in [9.17, 15) is 18.0 Å². The number of carbonyl (C=O) groups is 1. The lowest BCUT2D eigenvalue weighted by Gasteiger charge is -2.35. The van der Waals surface area contributed by atoms with Gasteiger partial charge in [-0.2, -0.15) is 13.2 Å². The first-order chi connectivity index (χ1) is 14.9. The van der Waals surface area contributed by atoms with Crippen LogP contribution in [-0.2, 0) is 6.18 Å². The number of benzene rings is 1. The molecule has 3 heterocycles. The summed E-state index contributed by atoms with van der Waals surface area (Å²) in [4.78, 5) is 29.5. The number of hydrogen-bond donors (Lipinski definition) is 1. The highest BCUT2D eigenvalue weighted by Gasteiger charge is 2.30. The molecule has 1 amide bonds. The van der Waals surface area contributed by atoms with E-state index in [1.807, 2.05) is 23.1 Å². The van der Waals surface area contributed by atoms with Gasteiger partial charge in [0, 0.05) is 37.9 Å². The zero-order valence-corrected chi connectivity index (χ0v) is 16.4. The molecule has 1 saturated heterocycles. The van der Waals surface area contributed by atoms with Gasteiger partial charge >= 0.3 is 6.18 Å². The number of amides is 1. The maximum Gasteiger partial charge on any atom is 0.416 e. The van der Waals surface area contributed by atoms with E-state index in [4.69, 9.17) is 0 Å². The van der Waals surface area contributed by atoms with Gasteiger partial charge in [0.25, 0.3) is 5.91 Å². The first-order valence-corrected chi connectivity index (χ1v) is 9.62. The van der Waals surface area contributed by atoms with Crippen molar-refractivity contribution in [3.8, 4) is 0 Å². The Labute approximate surface area is 176 Å². The molecule has 0 saturated carbocycles. The second kappa shape index (κ2) is 8.58. The summed E-state index contributed by atoms with van der Waals surface area (Å²) in [6, 6.07) is 9.82. The summed E-state index contributed by atoms with van der Waals surface area (Å²) in [6.45, 7) is 3.03. The normalized spacial score (nSPS) is 14.4. The van der Waals surface area contributed by atoms with Crippen molar-refractivity contribution in [3.05, 3.63) is 72.2 Å². The van der Waals surface area contributed by atoms with Crippen molar-refractivity contribution in [3.63, 3.8) is 0 Å². The molecule has 1 N–H and O–H groups in total. The molecular weight excluding hydrogens is 409 g/mol. The van der Waals surface area contributed by atoms with Crippen molar-refractivity contribution >= 4 is 23.4 Å². The van der Waals surface area contributed by atoms with Crippen LogP contribution in [-0.4, -0.2) is 47.0 Å². The minimum atomic E-state index is -4.44. The number of carbonyl (C=O) groups excluding carboxylic acids is 1. The second-order valence-electron chi connectivity index (χ2n) is 6.96. The third-order valence-corrected chi connectivity index (χ3v) is 4.91. The monoisotopic (exact) mass is 428 g/mol. The number of nitrogens with zero attached hydrogens (tertiary/aromatic N) is 5. The van der Waals surface area contributed by atoms with Crippen LogP contribution in [0.25, 0.3) is 0 Å². The van der Waals surface area contributed by atoms with Crippen LogP contribution in [0.3, 0.4) is 0 Å². The lowest BCUT2D eigenvalue weighted by Crippen LogP contribution is -2.47. The summed E-state index contributed by atoms with van der Waals surface area (Å²) >= 11 is 0. The SMILES string of the molecule is O=C(Nc1cnc(N2CCN(c3ccccn3)CC2)nc1)c1ccc(C(F)(F)F)cc1. The van der Waals surface area contributed by atoms with Gasteiger partial charge in [-0.05, 0) is 36.4 Å². The highest BCUT2D eigenvalue weighted by atomic mass is 19.4. The molecule has 1 aromatic carbocycles. The predicted molar refractivity (Wildman–Crippen MR) is 110 cm³/mol. The molecule has 4 rings (SSSR count). The molecule has 0 atom stereocenters. The Hall–Kier alpha value is -3.69. The average molecular weight is 428 g/mol. The summed E-state index contributed by atoms with van der Waals surface area (Å²) in [5.41, 5.74) is -0.330. The fraction of sp³-hybridized carbons (Fsp3) is 0.238. The van der Waals surface area contributed by atoms with E-state index in [0.29, 0.717) is 11.6 Å². The molecule has 7 nitrogen and oxygen atoms in total. The van der Waals surface area contributed by atoms with E-state index in [1.165, 1.54) is 12.4 Å². The Kier molecular flexibility index (Phi) is 5.70. The first-order valence-electron chi connectivity index (χ1n) is 9.62. The summed E-state index contributed by atoms with van der Waals surface area (Å²) in [6.07, 6.45) is 0.287. The molecule has 1 aliphatic heterocycles. The molecule has 2 aromatic heterocycles. The fourth-order valence-electron chi connectivity index (χ4n) is 3.24. The highest BCUT2D eigenvalue weighted by Crippen LogP contribution is 2.29. The lowest BCUT2D eigenvalue weighted by molar-refractivity contribution is -0.137. The lowest BCUT2D eigenvalue weighted by atomic mass is 10.1. The third kappa shape index (κ3) is 4.90. The van der Waals surface area contributed by atoms with Crippen LogP contribution in [0.5, 0.6) is 0 Å². The van der Waals surface area contributed by atoms with Gasteiger partial charge in [-0.1, -0.05) is 6.07 Å². The van der Waals surface area contributed by atoms with Crippen molar-refractivity contribution < 1.29 is 18.0 Å². The summed E-state index contributed by atoms with van der Waals surface area (Å²) in [5.74, 6) is 0.951. The Balaban J connectivity index is 1.34. The molecule has 10 heteroatoms. The number of halogens is 3. The number of hydrogen-bond acceptors (Lipinski definition) is 6. The molecule has 1 fully saturated rings. The van der Waals surface area contributed by atoms with Gasteiger partial charge in [0.1, 0.15) is 5.82 Å². The van der Waals surface area contributed by atoms with Gasteiger partial charge in [0.2, 0.25) is 5.95 Å². The molecule has 0 radical (unpaired) electrons. The number of pyridine rings is 1. The van der Waals surface area contributed by atoms with Gasteiger partial charge in [0.15, 0.2) is 0 Å². The average Bonchev–Trinajstić information content (AvgIpc) is 2.80. The fourth-order valence-corrected chi connectivity index (χ4v) is 3.24. The van der Waals surface area contributed by atoms with Gasteiger partial charge < -0.3 is 15.1 Å². The van der Waals surface area contributed by atoms with E-state index in [0.717, 1.165) is 56.3 Å². The Morgan fingerprint density at radius 3 is 2.10 bits per heavy atom. The van der Waals surface area contributed by atoms with Gasteiger partial charge in [-0.3, -0.25) is 4.79 Å². The van der Waals surface area contributed by atoms with Gasteiger partial charge in [0.05, 0.1) is 23.6 Å². The second-order valence-corrected chi connectivity index (χ2v) is 6.96. The first kappa shape index (κ1) is 20.6. The van der Waals surface area contributed by atoms with E-state index < -0.39 is 17.6 Å². The van der Waals surface area contributed by atoms with Crippen LogP contribution in [0.4, 0.5) is 30.6 Å². The highest BCUT2D eigenvalue weighted by molar-refractivity contribution is 6.04. The van der Waals surface area contributed by atoms with Crippen LogP contribution in [0, 0.1) is 0 Å². The van der Waals surface area contributed by atoms with Crippen molar-refractivity contribution in [2.24, 2.45) is 0 Å². The summed E-state index contributed by atoms with van der Waals surface area (Å²) < 4.78 is 37.9. The number of aromatic nitrogens is 3. The van der Waals surface area contributed by atoms with Crippen LogP contribution < -0.4 is 15.1 Å². The van der Waals surface area contributed by atoms with Gasteiger partial charge in [-0.15, -0.1) is 0 Å². The van der Waals surface area contributed by atoms with Crippen LogP contribution in [0.15, 0.2) is 61.1 Å². The predicted octanol–water partition coefficient (Wildman–Crippen LogP) is 3.47. The van der Waals surface area contributed by atoms with Crippen molar-refractivity contribution in [2.75, 3.05) is 41.3 Å². The molecule has 0 spiro atoms. The molecule has 0 bridgehead atoms. The minimum Gasteiger partial charge on any atom is -0.353 e. The maximum absolute atomic E-state index is 12.6. The molecule has 160 valence electrons. The van der Waals surface area contributed by atoms with Crippen LogP contribution in [0.2, 0.25) is 0 Å². The third-order valence-electron chi connectivity index (χ3n) is 4.91. The Morgan fingerprint density at radius 2 is 1.52 bits per heavy atom. The van der Waals surface area contributed by atoms with E-state index in [2.05, 4.69) is 25.2 Å². The quantitative estimate of drug-likeness (QED) is 0.686. The molecular formula is C21H19F3N6O. The maximum atomic E-state index is 12.6.